The first-order valence-corrected chi connectivity index (χ1v) is 7.60. The van der Waals surface area contributed by atoms with Crippen LogP contribution in [0.15, 0.2) is 24.3 Å². The van der Waals surface area contributed by atoms with Gasteiger partial charge in [0.2, 0.25) is 0 Å². The standard InChI is InChI=1S/C10H13IO3S/c1-7-3-5-8(6-4-7)9(12)10(11)15(2,13)14/h3-6,9-10,12H,1-2H3. The molecule has 0 aliphatic carbocycles. The van der Waals surface area contributed by atoms with Crippen molar-refractivity contribution in [3.63, 3.8) is 0 Å². The van der Waals surface area contributed by atoms with E-state index in [0.29, 0.717) is 5.56 Å². The summed E-state index contributed by atoms with van der Waals surface area (Å²) < 4.78 is 21.7. The van der Waals surface area contributed by atoms with Crippen molar-refractivity contribution in [2.75, 3.05) is 6.26 Å². The lowest BCUT2D eigenvalue weighted by Gasteiger charge is -2.16. The van der Waals surface area contributed by atoms with Crippen molar-refractivity contribution in [1.82, 2.24) is 0 Å². The molecule has 2 atom stereocenters. The second kappa shape index (κ2) is 4.80. The smallest absolute Gasteiger partial charge is 0.162 e. The van der Waals surface area contributed by atoms with E-state index in [0.717, 1.165) is 11.8 Å². The Bertz CT molecular complexity index is 424. The zero-order chi connectivity index (χ0) is 11.6. The molecule has 15 heavy (non-hydrogen) atoms. The van der Waals surface area contributed by atoms with E-state index in [-0.39, 0.29) is 0 Å². The number of rotatable bonds is 3. The van der Waals surface area contributed by atoms with Gasteiger partial charge < -0.3 is 5.11 Å². The molecule has 0 fully saturated rings. The van der Waals surface area contributed by atoms with Gasteiger partial charge in [-0.3, -0.25) is 0 Å². The highest BCUT2D eigenvalue weighted by atomic mass is 127. The predicted molar refractivity (Wildman–Crippen MR) is 68.8 cm³/mol. The monoisotopic (exact) mass is 340 g/mol. The third-order valence-corrected chi connectivity index (χ3v) is 6.60. The number of alkyl halides is 1. The molecule has 5 heteroatoms. The van der Waals surface area contributed by atoms with Crippen LogP contribution in [0.25, 0.3) is 0 Å². The highest BCUT2D eigenvalue weighted by Crippen LogP contribution is 2.26. The Morgan fingerprint density at radius 3 is 2.13 bits per heavy atom. The lowest BCUT2D eigenvalue weighted by Crippen LogP contribution is -2.21. The molecule has 1 aromatic rings. The Labute approximate surface area is 104 Å². The zero-order valence-corrected chi connectivity index (χ0v) is 11.5. The maximum Gasteiger partial charge on any atom is 0.162 e. The molecule has 0 radical (unpaired) electrons. The van der Waals surface area contributed by atoms with Crippen molar-refractivity contribution < 1.29 is 13.5 Å². The van der Waals surface area contributed by atoms with Crippen molar-refractivity contribution >= 4 is 32.4 Å². The third-order valence-electron chi connectivity index (χ3n) is 2.08. The average molecular weight is 340 g/mol. The van der Waals surface area contributed by atoms with Gasteiger partial charge in [0.15, 0.2) is 9.84 Å². The molecule has 3 nitrogen and oxygen atoms in total. The molecule has 1 aromatic carbocycles. The van der Waals surface area contributed by atoms with Crippen LogP contribution < -0.4 is 0 Å². The highest BCUT2D eigenvalue weighted by Gasteiger charge is 2.26. The fraction of sp³-hybridized carbons (Fsp3) is 0.400. The number of sulfone groups is 1. The lowest BCUT2D eigenvalue weighted by atomic mass is 10.1. The number of aliphatic hydroxyl groups is 1. The van der Waals surface area contributed by atoms with Gasteiger partial charge in [-0.25, -0.2) is 8.42 Å². The van der Waals surface area contributed by atoms with Crippen LogP contribution in [0.4, 0.5) is 0 Å². The molecule has 2 unspecified atom stereocenters. The molecule has 0 aliphatic rings. The van der Waals surface area contributed by atoms with E-state index in [1.807, 2.05) is 19.1 Å². The summed E-state index contributed by atoms with van der Waals surface area (Å²) in [6, 6.07) is 7.20. The third kappa shape index (κ3) is 3.42. The van der Waals surface area contributed by atoms with Crippen LogP contribution in [0.3, 0.4) is 0 Å². The van der Waals surface area contributed by atoms with Crippen molar-refractivity contribution in [2.24, 2.45) is 0 Å². The number of aliphatic hydroxyl groups excluding tert-OH is 1. The van der Waals surface area contributed by atoms with Gasteiger partial charge in [0.25, 0.3) is 0 Å². The van der Waals surface area contributed by atoms with E-state index in [4.69, 9.17) is 0 Å². The van der Waals surface area contributed by atoms with E-state index in [2.05, 4.69) is 0 Å². The SMILES string of the molecule is Cc1ccc(C(O)C(I)S(C)(=O)=O)cc1. The zero-order valence-electron chi connectivity index (χ0n) is 8.51. The highest BCUT2D eigenvalue weighted by molar-refractivity contribution is 14.1. The molecule has 0 aliphatic heterocycles. The van der Waals surface area contributed by atoms with Crippen molar-refractivity contribution in [3.8, 4) is 0 Å². The Balaban J connectivity index is 2.95. The van der Waals surface area contributed by atoms with Gasteiger partial charge in [-0.2, -0.15) is 0 Å². The van der Waals surface area contributed by atoms with Gasteiger partial charge in [0.05, 0.1) is 0 Å². The minimum absolute atomic E-state index is 0.630. The summed E-state index contributed by atoms with van der Waals surface area (Å²) in [4.78, 5) is 0. The fourth-order valence-electron chi connectivity index (χ4n) is 1.15. The number of halogens is 1. The van der Waals surface area contributed by atoms with E-state index in [9.17, 15) is 13.5 Å². The molecule has 0 aromatic heterocycles. The van der Waals surface area contributed by atoms with Gasteiger partial charge >= 0.3 is 0 Å². The van der Waals surface area contributed by atoms with Crippen LogP contribution in [0.1, 0.15) is 17.2 Å². The minimum Gasteiger partial charge on any atom is -0.386 e. The average Bonchev–Trinajstić information content (AvgIpc) is 2.15. The molecule has 1 rings (SSSR count). The Hall–Kier alpha value is -0.140. The summed E-state index contributed by atoms with van der Waals surface area (Å²) in [6.45, 7) is 1.94. The van der Waals surface area contributed by atoms with Crippen molar-refractivity contribution in [2.45, 2.75) is 16.3 Å². The fourth-order valence-corrected chi connectivity index (χ4v) is 2.19. The summed E-state index contributed by atoms with van der Waals surface area (Å²) in [6.07, 6.45) is 0.155. The maximum absolute atomic E-state index is 11.2. The van der Waals surface area contributed by atoms with Crippen LogP contribution in [0.2, 0.25) is 0 Å². The largest absolute Gasteiger partial charge is 0.386 e. The summed E-state index contributed by atoms with van der Waals surface area (Å²) in [5, 5.41) is 9.83. The normalized spacial score (nSPS) is 16.0. The van der Waals surface area contributed by atoms with Crippen LogP contribution in [0.5, 0.6) is 0 Å². The van der Waals surface area contributed by atoms with E-state index >= 15 is 0 Å². The first-order chi connectivity index (χ1) is 6.82. The van der Waals surface area contributed by atoms with Crippen molar-refractivity contribution in [1.29, 1.82) is 0 Å². The van der Waals surface area contributed by atoms with Gasteiger partial charge in [-0.15, -0.1) is 0 Å². The number of hydrogen-bond acceptors (Lipinski definition) is 3. The van der Waals surface area contributed by atoms with E-state index < -0.39 is 19.2 Å². The Morgan fingerprint density at radius 2 is 1.73 bits per heavy atom. The second-order valence-electron chi connectivity index (χ2n) is 3.54. The number of aryl methyl sites for hydroxylation is 1. The van der Waals surface area contributed by atoms with Crippen LogP contribution in [-0.2, 0) is 9.84 Å². The maximum atomic E-state index is 11.2. The minimum atomic E-state index is -3.22. The first-order valence-electron chi connectivity index (χ1n) is 4.40. The lowest BCUT2D eigenvalue weighted by molar-refractivity contribution is 0.197. The second-order valence-corrected chi connectivity index (χ2v) is 7.89. The number of hydrogen-bond donors (Lipinski definition) is 1. The van der Waals surface area contributed by atoms with Crippen LogP contribution in [-0.4, -0.2) is 23.0 Å². The Morgan fingerprint density at radius 1 is 1.27 bits per heavy atom. The molecule has 0 amide bonds. The molecule has 0 saturated carbocycles. The summed E-state index contributed by atoms with van der Waals surface area (Å²) in [5.74, 6) is 0. The number of benzene rings is 1. The van der Waals surface area contributed by atoms with Gasteiger partial charge in [0.1, 0.15) is 9.36 Å². The van der Waals surface area contributed by atoms with Gasteiger partial charge in [-0.05, 0) is 12.5 Å². The molecule has 0 spiro atoms. The molecule has 1 N–H and O–H groups in total. The molecule has 84 valence electrons. The summed E-state index contributed by atoms with van der Waals surface area (Å²) >= 11 is 1.75. The Kier molecular flexibility index (Phi) is 4.13. The molecule has 0 saturated heterocycles. The first kappa shape index (κ1) is 12.9. The quantitative estimate of drug-likeness (QED) is 0.675. The topological polar surface area (TPSA) is 54.4 Å². The molecule has 0 heterocycles. The van der Waals surface area contributed by atoms with Crippen molar-refractivity contribution in [3.05, 3.63) is 35.4 Å². The van der Waals surface area contributed by atoms with E-state index in [1.165, 1.54) is 0 Å². The summed E-state index contributed by atoms with van der Waals surface area (Å²) in [5.41, 5.74) is 1.71. The van der Waals surface area contributed by atoms with Gasteiger partial charge in [0, 0.05) is 6.26 Å². The van der Waals surface area contributed by atoms with Crippen LogP contribution in [0, 0.1) is 6.92 Å². The summed E-state index contributed by atoms with van der Waals surface area (Å²) in [7, 11) is -3.22. The van der Waals surface area contributed by atoms with E-state index in [1.54, 1.807) is 34.7 Å². The van der Waals surface area contributed by atoms with Gasteiger partial charge in [-0.1, -0.05) is 52.4 Å². The molecular formula is C10H13IO3S. The predicted octanol–water partition coefficient (Wildman–Crippen LogP) is 1.83. The molecule has 0 bridgehead atoms. The molecular weight excluding hydrogens is 327 g/mol. The van der Waals surface area contributed by atoms with Crippen LogP contribution >= 0.6 is 22.6 Å².